The highest BCUT2D eigenvalue weighted by Gasteiger charge is 2.51. The summed E-state index contributed by atoms with van der Waals surface area (Å²) in [6, 6.07) is 9.34. The van der Waals surface area contributed by atoms with Gasteiger partial charge in [-0.05, 0) is 6.07 Å². The second-order valence-electron chi connectivity index (χ2n) is 6.70. The largest absolute Gasteiger partial charge is 0.380 e. The van der Waals surface area contributed by atoms with Gasteiger partial charge in [0.15, 0.2) is 11.5 Å². The topological polar surface area (TPSA) is 99.2 Å². The Labute approximate surface area is 143 Å². The Hall–Kier alpha value is -3.00. The van der Waals surface area contributed by atoms with Gasteiger partial charge in [-0.2, -0.15) is 10.1 Å². The molecule has 2 aliphatic rings. The molecule has 2 fully saturated rings. The van der Waals surface area contributed by atoms with Crippen LogP contribution in [0, 0.1) is 5.41 Å². The van der Waals surface area contributed by atoms with Gasteiger partial charge in [-0.25, -0.2) is 9.67 Å². The first-order chi connectivity index (χ1) is 12.2. The van der Waals surface area contributed by atoms with E-state index in [1.807, 2.05) is 29.2 Å². The number of benzene rings is 1. The fraction of sp³-hybridized carbons (Fsp3) is 0.294. The molecule has 2 aliphatic heterocycles. The Morgan fingerprint density at radius 2 is 2.00 bits per heavy atom. The number of ether oxygens (including phenoxy) is 1. The number of fused-ring (bicyclic) bond motifs is 1. The minimum absolute atomic E-state index is 0.0606. The first kappa shape index (κ1) is 14.4. The summed E-state index contributed by atoms with van der Waals surface area (Å²) in [5.41, 5.74) is 7.11. The third-order valence-corrected chi connectivity index (χ3v) is 4.82. The van der Waals surface area contributed by atoms with Gasteiger partial charge in [0.05, 0.1) is 24.1 Å². The summed E-state index contributed by atoms with van der Waals surface area (Å²) in [4.78, 5) is 22.9. The molecular weight excluding hydrogens is 320 g/mol. The highest BCUT2D eigenvalue weighted by Crippen LogP contribution is 2.38. The number of hydrogen-bond acceptors (Lipinski definition) is 6. The number of likely N-dealkylation sites (tertiary alicyclic amines) is 1. The molecule has 8 nitrogen and oxygen atoms in total. The summed E-state index contributed by atoms with van der Waals surface area (Å²) in [5.74, 6) is 0.643. The summed E-state index contributed by atoms with van der Waals surface area (Å²) in [6.07, 6.45) is 1.57. The third kappa shape index (κ3) is 2.11. The molecule has 126 valence electrons. The van der Waals surface area contributed by atoms with Crippen LogP contribution in [-0.4, -0.2) is 56.9 Å². The molecular formula is C17H16N6O2. The first-order valence-electron chi connectivity index (χ1n) is 8.09. The fourth-order valence-corrected chi connectivity index (χ4v) is 3.51. The number of rotatable bonds is 2. The predicted molar refractivity (Wildman–Crippen MR) is 90.2 cm³/mol. The summed E-state index contributed by atoms with van der Waals surface area (Å²) in [5, 5.41) is 5.34. The lowest BCUT2D eigenvalue weighted by Gasteiger charge is -2.54. The van der Waals surface area contributed by atoms with Crippen LogP contribution in [-0.2, 0) is 4.74 Å². The van der Waals surface area contributed by atoms with E-state index in [4.69, 9.17) is 10.5 Å². The van der Waals surface area contributed by atoms with E-state index in [2.05, 4.69) is 15.1 Å². The van der Waals surface area contributed by atoms with Crippen molar-refractivity contribution in [1.82, 2.24) is 24.6 Å². The number of aromatic nitrogens is 4. The Morgan fingerprint density at radius 1 is 1.20 bits per heavy atom. The zero-order valence-electron chi connectivity index (χ0n) is 13.4. The van der Waals surface area contributed by atoms with E-state index < -0.39 is 0 Å². The molecule has 2 saturated heterocycles. The predicted octanol–water partition coefficient (Wildman–Crippen LogP) is 0.870. The first-order valence-corrected chi connectivity index (χ1v) is 8.09. The Morgan fingerprint density at radius 3 is 2.72 bits per heavy atom. The SMILES string of the molecule is Nc1nccc(-n2nc(C(=O)N3CC4(COC4)C3)c3ccccc32)n1. The van der Waals surface area contributed by atoms with Crippen molar-refractivity contribution in [2.24, 2.45) is 5.41 Å². The second-order valence-corrected chi connectivity index (χ2v) is 6.70. The molecule has 1 aromatic carbocycles. The van der Waals surface area contributed by atoms with Gasteiger partial charge in [-0.15, -0.1) is 0 Å². The number of para-hydroxylation sites is 1. The normalized spacial score (nSPS) is 18.2. The minimum Gasteiger partial charge on any atom is -0.380 e. The number of carbonyl (C=O) groups excluding carboxylic acids is 1. The van der Waals surface area contributed by atoms with Gasteiger partial charge in [-0.1, -0.05) is 18.2 Å². The van der Waals surface area contributed by atoms with Crippen LogP contribution in [0.3, 0.4) is 0 Å². The summed E-state index contributed by atoms with van der Waals surface area (Å²) in [7, 11) is 0. The number of nitrogen functional groups attached to an aromatic ring is 1. The van der Waals surface area contributed by atoms with E-state index in [1.165, 1.54) is 0 Å². The molecule has 0 aliphatic carbocycles. The maximum Gasteiger partial charge on any atom is 0.275 e. The van der Waals surface area contributed by atoms with Crippen molar-refractivity contribution in [3.63, 3.8) is 0 Å². The van der Waals surface area contributed by atoms with Crippen LogP contribution in [0.5, 0.6) is 0 Å². The average molecular weight is 336 g/mol. The number of hydrogen-bond donors (Lipinski definition) is 1. The van der Waals surface area contributed by atoms with E-state index in [1.54, 1.807) is 16.9 Å². The molecule has 1 amide bonds. The molecule has 0 radical (unpaired) electrons. The number of nitrogens with zero attached hydrogens (tertiary/aromatic N) is 5. The number of carbonyl (C=O) groups is 1. The molecule has 8 heteroatoms. The zero-order valence-corrected chi connectivity index (χ0v) is 13.4. The van der Waals surface area contributed by atoms with Crippen LogP contribution in [0.2, 0.25) is 0 Å². The Balaban J connectivity index is 1.56. The third-order valence-electron chi connectivity index (χ3n) is 4.82. The standard InChI is InChI=1S/C17H16N6O2/c18-16-19-6-5-13(20-16)23-12-4-2-1-3-11(12)14(21-23)15(24)22-7-17(8-22)9-25-10-17/h1-6H,7-10H2,(H2,18,19,20). The summed E-state index contributed by atoms with van der Waals surface area (Å²) in [6.45, 7) is 2.94. The molecule has 2 aromatic heterocycles. The van der Waals surface area contributed by atoms with E-state index in [0.717, 1.165) is 37.2 Å². The van der Waals surface area contributed by atoms with Crippen LogP contribution in [0.25, 0.3) is 16.7 Å². The van der Waals surface area contributed by atoms with Crippen LogP contribution >= 0.6 is 0 Å². The number of nitrogens with two attached hydrogens (primary N) is 1. The lowest BCUT2D eigenvalue weighted by atomic mass is 9.78. The Bertz CT molecular complexity index is 986. The number of amides is 1. The van der Waals surface area contributed by atoms with Crippen molar-refractivity contribution in [1.29, 1.82) is 0 Å². The molecule has 1 spiro atoms. The lowest BCUT2D eigenvalue weighted by molar-refractivity contribution is -0.176. The van der Waals surface area contributed by atoms with Gasteiger partial charge >= 0.3 is 0 Å². The van der Waals surface area contributed by atoms with Crippen LogP contribution in [0.15, 0.2) is 36.5 Å². The van der Waals surface area contributed by atoms with Crippen LogP contribution in [0.1, 0.15) is 10.5 Å². The van der Waals surface area contributed by atoms with E-state index in [0.29, 0.717) is 11.5 Å². The summed E-state index contributed by atoms with van der Waals surface area (Å²) < 4.78 is 6.91. The monoisotopic (exact) mass is 336 g/mol. The second kappa shape index (κ2) is 5.00. The van der Waals surface area contributed by atoms with Crippen molar-refractivity contribution in [2.75, 3.05) is 32.0 Å². The van der Waals surface area contributed by atoms with Crippen LogP contribution < -0.4 is 5.73 Å². The average Bonchev–Trinajstić information content (AvgIpc) is 2.92. The van der Waals surface area contributed by atoms with Crippen molar-refractivity contribution in [3.05, 3.63) is 42.2 Å². The minimum atomic E-state index is -0.0606. The van der Waals surface area contributed by atoms with Crippen LogP contribution in [0.4, 0.5) is 5.95 Å². The molecule has 5 rings (SSSR count). The molecule has 0 saturated carbocycles. The van der Waals surface area contributed by atoms with Gasteiger partial charge in [0.25, 0.3) is 5.91 Å². The molecule has 0 unspecified atom stereocenters. The van der Waals surface area contributed by atoms with Gasteiger partial charge < -0.3 is 15.4 Å². The Kier molecular flexibility index (Phi) is 2.87. The van der Waals surface area contributed by atoms with Crippen molar-refractivity contribution >= 4 is 22.8 Å². The highest BCUT2D eigenvalue weighted by atomic mass is 16.5. The molecule has 3 aromatic rings. The van der Waals surface area contributed by atoms with Crippen molar-refractivity contribution in [2.45, 2.75) is 0 Å². The van der Waals surface area contributed by atoms with Crippen molar-refractivity contribution in [3.8, 4) is 5.82 Å². The lowest BCUT2D eigenvalue weighted by Crippen LogP contribution is -2.67. The quantitative estimate of drug-likeness (QED) is 0.745. The highest BCUT2D eigenvalue weighted by molar-refractivity contribution is 6.05. The molecule has 0 bridgehead atoms. The number of anilines is 1. The molecule has 4 heterocycles. The molecule has 25 heavy (non-hydrogen) atoms. The van der Waals surface area contributed by atoms with Gasteiger partial charge in [-0.3, -0.25) is 4.79 Å². The van der Waals surface area contributed by atoms with Gasteiger partial charge in [0, 0.05) is 30.7 Å². The fourth-order valence-electron chi connectivity index (χ4n) is 3.51. The maximum atomic E-state index is 12.9. The summed E-state index contributed by atoms with van der Waals surface area (Å²) >= 11 is 0. The zero-order chi connectivity index (χ0) is 17.0. The van der Waals surface area contributed by atoms with E-state index in [9.17, 15) is 4.79 Å². The maximum absolute atomic E-state index is 12.9. The van der Waals surface area contributed by atoms with Gasteiger partial charge in [0.1, 0.15) is 0 Å². The van der Waals surface area contributed by atoms with E-state index in [-0.39, 0.29) is 17.3 Å². The van der Waals surface area contributed by atoms with E-state index >= 15 is 0 Å². The smallest absolute Gasteiger partial charge is 0.275 e. The van der Waals surface area contributed by atoms with Crippen molar-refractivity contribution < 1.29 is 9.53 Å². The van der Waals surface area contributed by atoms with Gasteiger partial charge in [0.2, 0.25) is 5.95 Å². The molecule has 2 N–H and O–H groups in total. The molecule has 0 atom stereocenters.